The van der Waals surface area contributed by atoms with Gasteiger partial charge in [-0.15, -0.1) is 0 Å². The molecular formula is C17H19N3O2. The highest BCUT2D eigenvalue weighted by Gasteiger charge is 2.30. The van der Waals surface area contributed by atoms with E-state index < -0.39 is 0 Å². The third-order valence-corrected chi connectivity index (χ3v) is 4.03. The number of hydrogen-bond acceptors (Lipinski definition) is 3. The maximum Gasteiger partial charge on any atom is 0.246 e. The van der Waals surface area contributed by atoms with E-state index in [0.29, 0.717) is 12.1 Å². The van der Waals surface area contributed by atoms with Crippen molar-refractivity contribution < 1.29 is 9.59 Å². The number of carbonyl (C=O) groups is 2. The topological polar surface area (TPSA) is 87.2 Å². The molecule has 0 aliphatic carbocycles. The normalized spacial score (nSPS) is 21.5. The molecule has 0 bridgehead atoms. The average Bonchev–Trinajstić information content (AvgIpc) is 2.53. The van der Waals surface area contributed by atoms with E-state index in [1.807, 2.05) is 13.0 Å². The second-order valence-electron chi connectivity index (χ2n) is 5.58. The molecule has 0 radical (unpaired) electrons. The number of piperidine rings is 1. The summed E-state index contributed by atoms with van der Waals surface area (Å²) < 4.78 is 0. The van der Waals surface area contributed by atoms with Gasteiger partial charge in [0.2, 0.25) is 11.8 Å². The van der Waals surface area contributed by atoms with Crippen LogP contribution in [0.3, 0.4) is 0 Å². The third kappa shape index (κ3) is 3.73. The van der Waals surface area contributed by atoms with Crippen molar-refractivity contribution in [3.63, 3.8) is 0 Å². The van der Waals surface area contributed by atoms with Crippen LogP contribution in [0.5, 0.6) is 0 Å². The number of nitriles is 1. The smallest absolute Gasteiger partial charge is 0.246 e. The molecule has 2 atom stereocenters. The van der Waals surface area contributed by atoms with E-state index in [1.165, 1.54) is 6.08 Å². The van der Waals surface area contributed by atoms with E-state index in [1.54, 1.807) is 35.2 Å². The fraction of sp³-hybridized carbons (Fsp3) is 0.353. The van der Waals surface area contributed by atoms with Gasteiger partial charge in [-0.2, -0.15) is 5.26 Å². The number of primary amides is 1. The Morgan fingerprint density at radius 1 is 1.32 bits per heavy atom. The molecule has 114 valence electrons. The van der Waals surface area contributed by atoms with E-state index in [4.69, 9.17) is 11.0 Å². The Morgan fingerprint density at radius 2 is 2.00 bits per heavy atom. The summed E-state index contributed by atoms with van der Waals surface area (Å²) in [6.07, 6.45) is 4.73. The highest BCUT2D eigenvalue weighted by Crippen LogP contribution is 2.22. The molecule has 2 N–H and O–H groups in total. The number of benzene rings is 1. The summed E-state index contributed by atoms with van der Waals surface area (Å²) in [7, 11) is 0. The van der Waals surface area contributed by atoms with Crippen molar-refractivity contribution in [2.75, 3.05) is 6.54 Å². The minimum atomic E-state index is -0.347. The van der Waals surface area contributed by atoms with Gasteiger partial charge in [-0.3, -0.25) is 9.59 Å². The lowest BCUT2D eigenvalue weighted by Gasteiger charge is -2.36. The molecule has 1 heterocycles. The Hall–Kier alpha value is -2.61. The van der Waals surface area contributed by atoms with Crippen molar-refractivity contribution in [1.82, 2.24) is 4.90 Å². The second-order valence-corrected chi connectivity index (χ2v) is 5.58. The molecule has 5 heteroatoms. The van der Waals surface area contributed by atoms with Crippen molar-refractivity contribution >= 4 is 17.9 Å². The molecule has 22 heavy (non-hydrogen) atoms. The van der Waals surface area contributed by atoms with Gasteiger partial charge in [-0.1, -0.05) is 12.1 Å². The number of carbonyl (C=O) groups excluding carboxylic acids is 2. The summed E-state index contributed by atoms with van der Waals surface area (Å²) in [6.45, 7) is 2.36. The van der Waals surface area contributed by atoms with E-state index in [0.717, 1.165) is 18.4 Å². The summed E-state index contributed by atoms with van der Waals surface area (Å²) in [5, 5.41) is 8.75. The zero-order chi connectivity index (χ0) is 16.1. The third-order valence-electron chi connectivity index (χ3n) is 4.03. The van der Waals surface area contributed by atoms with Crippen LogP contribution in [0.1, 0.15) is 30.9 Å². The van der Waals surface area contributed by atoms with E-state index >= 15 is 0 Å². The Bertz CT molecular complexity index is 628. The summed E-state index contributed by atoms with van der Waals surface area (Å²) in [4.78, 5) is 25.3. The molecule has 0 spiro atoms. The van der Waals surface area contributed by atoms with Crippen molar-refractivity contribution in [1.29, 1.82) is 5.26 Å². The zero-order valence-corrected chi connectivity index (χ0v) is 12.5. The Labute approximate surface area is 130 Å². The Balaban J connectivity index is 2.04. The van der Waals surface area contributed by atoms with Crippen LogP contribution in [0.25, 0.3) is 6.08 Å². The molecule has 0 unspecified atom stereocenters. The number of likely N-dealkylation sites (tertiary alicyclic amines) is 1. The molecule has 1 aromatic carbocycles. The number of amides is 2. The molecule has 1 aliphatic heterocycles. The quantitative estimate of drug-likeness (QED) is 0.861. The molecule has 0 saturated carbocycles. The molecular weight excluding hydrogens is 278 g/mol. The first-order valence-corrected chi connectivity index (χ1v) is 7.29. The predicted molar refractivity (Wildman–Crippen MR) is 83.3 cm³/mol. The molecule has 0 aromatic heterocycles. The van der Waals surface area contributed by atoms with Crippen molar-refractivity contribution in [3.05, 3.63) is 41.5 Å². The van der Waals surface area contributed by atoms with Gasteiger partial charge < -0.3 is 10.6 Å². The minimum Gasteiger partial charge on any atom is -0.369 e. The molecule has 1 saturated heterocycles. The van der Waals surface area contributed by atoms with Gasteiger partial charge in [0, 0.05) is 18.7 Å². The summed E-state index contributed by atoms with van der Waals surface area (Å²) >= 11 is 0. The monoisotopic (exact) mass is 297 g/mol. The second kappa shape index (κ2) is 6.90. The number of rotatable bonds is 3. The van der Waals surface area contributed by atoms with Gasteiger partial charge in [0.15, 0.2) is 0 Å². The molecule has 2 amide bonds. The Kier molecular flexibility index (Phi) is 4.95. The van der Waals surface area contributed by atoms with E-state index in [9.17, 15) is 9.59 Å². The summed E-state index contributed by atoms with van der Waals surface area (Å²) in [5.74, 6) is -0.730. The predicted octanol–water partition coefficient (Wildman–Crippen LogP) is 1.68. The lowest BCUT2D eigenvalue weighted by molar-refractivity contribution is -0.133. The average molecular weight is 297 g/mol. The van der Waals surface area contributed by atoms with Crippen LogP contribution in [0, 0.1) is 17.2 Å². The van der Waals surface area contributed by atoms with Gasteiger partial charge in [0.05, 0.1) is 17.6 Å². The fourth-order valence-corrected chi connectivity index (χ4v) is 2.58. The number of hydrogen-bond donors (Lipinski definition) is 1. The van der Waals surface area contributed by atoms with Crippen molar-refractivity contribution in [2.24, 2.45) is 11.7 Å². The first-order valence-electron chi connectivity index (χ1n) is 7.29. The van der Waals surface area contributed by atoms with Crippen LogP contribution >= 0.6 is 0 Å². The SMILES string of the molecule is C[C@@H]1CC[C@H](C(N)=O)CN1C(=O)/C=C/c1ccc(C#N)cc1. The fourth-order valence-electron chi connectivity index (χ4n) is 2.58. The van der Waals surface area contributed by atoms with E-state index in [2.05, 4.69) is 0 Å². The first kappa shape index (κ1) is 15.8. The molecule has 2 rings (SSSR count). The molecule has 1 aliphatic rings. The van der Waals surface area contributed by atoms with Gasteiger partial charge in [0.1, 0.15) is 0 Å². The van der Waals surface area contributed by atoms with Gasteiger partial charge >= 0.3 is 0 Å². The highest BCUT2D eigenvalue weighted by atomic mass is 16.2. The van der Waals surface area contributed by atoms with Crippen LogP contribution in [0.15, 0.2) is 30.3 Å². The van der Waals surface area contributed by atoms with Gasteiger partial charge in [-0.05, 0) is 43.5 Å². The van der Waals surface area contributed by atoms with Crippen LogP contribution in [-0.2, 0) is 9.59 Å². The lowest BCUT2D eigenvalue weighted by atomic mass is 9.93. The van der Waals surface area contributed by atoms with Crippen LogP contribution < -0.4 is 5.73 Å². The maximum absolute atomic E-state index is 12.3. The summed E-state index contributed by atoms with van der Waals surface area (Å²) in [6, 6.07) is 9.14. The lowest BCUT2D eigenvalue weighted by Crippen LogP contribution is -2.48. The van der Waals surface area contributed by atoms with Crippen LogP contribution in [0.2, 0.25) is 0 Å². The van der Waals surface area contributed by atoms with Crippen LogP contribution in [-0.4, -0.2) is 29.3 Å². The summed E-state index contributed by atoms with van der Waals surface area (Å²) in [5.41, 5.74) is 6.78. The zero-order valence-electron chi connectivity index (χ0n) is 12.5. The van der Waals surface area contributed by atoms with Crippen molar-refractivity contribution in [3.8, 4) is 6.07 Å². The molecule has 1 aromatic rings. The Morgan fingerprint density at radius 3 is 2.59 bits per heavy atom. The molecule has 1 fully saturated rings. The van der Waals surface area contributed by atoms with Crippen molar-refractivity contribution in [2.45, 2.75) is 25.8 Å². The number of nitrogens with zero attached hydrogens (tertiary/aromatic N) is 2. The van der Waals surface area contributed by atoms with Gasteiger partial charge in [0.25, 0.3) is 0 Å². The van der Waals surface area contributed by atoms with Gasteiger partial charge in [-0.25, -0.2) is 0 Å². The number of nitrogens with two attached hydrogens (primary N) is 1. The molecule has 5 nitrogen and oxygen atoms in total. The standard InChI is InChI=1S/C17H19N3O2/c1-12-2-8-15(17(19)22)11-20(12)16(21)9-7-13-3-5-14(10-18)6-4-13/h3-7,9,12,15H,2,8,11H2,1H3,(H2,19,22)/b9-7+/t12-,15+/m1/s1. The van der Waals surface area contributed by atoms with E-state index in [-0.39, 0.29) is 23.8 Å². The first-order chi connectivity index (χ1) is 10.5. The van der Waals surface area contributed by atoms with Crippen LogP contribution in [0.4, 0.5) is 0 Å². The highest BCUT2D eigenvalue weighted by molar-refractivity contribution is 5.92. The largest absolute Gasteiger partial charge is 0.369 e. The maximum atomic E-state index is 12.3. The minimum absolute atomic E-state index is 0.105.